The highest BCUT2D eigenvalue weighted by atomic mass is 32.2. The lowest BCUT2D eigenvalue weighted by molar-refractivity contribution is 0.109. The molecule has 0 radical (unpaired) electrons. The molecule has 1 aliphatic rings. The summed E-state index contributed by atoms with van der Waals surface area (Å²) in [6, 6.07) is 5.39. The number of carbonyl (C=O) groups excluding carboxylic acids is 1. The number of alkyl carbamates (subject to hydrolysis) is 1. The molecule has 3 N–H and O–H groups in total. The van der Waals surface area contributed by atoms with E-state index in [0.717, 1.165) is 35.6 Å². The molecule has 200 valence electrons. The summed E-state index contributed by atoms with van der Waals surface area (Å²) >= 11 is 1.53. The molecule has 10 nitrogen and oxygen atoms in total. The number of ether oxygens (including phenoxy) is 1. The first kappa shape index (κ1) is 27.1. The molecule has 2 aromatic heterocycles. The second kappa shape index (κ2) is 11.6. The molecule has 0 saturated heterocycles. The summed E-state index contributed by atoms with van der Waals surface area (Å²) in [5.41, 5.74) is 1.24. The fraction of sp³-hybridized carbons (Fsp3) is 0.480. The lowest BCUT2D eigenvalue weighted by Gasteiger charge is -2.28. The van der Waals surface area contributed by atoms with E-state index in [1.807, 2.05) is 43.8 Å². The number of nitrogens with one attached hydrogen (secondary N) is 3. The van der Waals surface area contributed by atoms with Gasteiger partial charge in [-0.1, -0.05) is 13.0 Å². The van der Waals surface area contributed by atoms with Gasteiger partial charge in [0.05, 0.1) is 20.9 Å². The quantitative estimate of drug-likeness (QED) is 0.354. The van der Waals surface area contributed by atoms with E-state index < -0.39 is 10.0 Å². The fourth-order valence-corrected chi connectivity index (χ4v) is 6.89. The maximum Gasteiger partial charge on any atom is 0.407 e. The lowest BCUT2D eigenvalue weighted by atomic mass is 9.86. The molecule has 1 fully saturated rings. The normalized spacial score (nSPS) is 18.1. The van der Waals surface area contributed by atoms with Crippen LogP contribution in [0.3, 0.4) is 0 Å². The Kier molecular flexibility index (Phi) is 8.50. The van der Waals surface area contributed by atoms with E-state index in [-0.39, 0.29) is 35.6 Å². The Balaban J connectivity index is 1.52. The Bertz CT molecular complexity index is 1330. The zero-order chi connectivity index (χ0) is 26.6. The maximum atomic E-state index is 13.1. The average molecular weight is 547 g/mol. The summed E-state index contributed by atoms with van der Waals surface area (Å²) in [4.78, 5) is 21.8. The number of aryl methyl sites for hydroxylation is 1. The minimum atomic E-state index is -3.73. The Hall–Kier alpha value is -2.96. The maximum absolute atomic E-state index is 13.1. The molecule has 3 aromatic rings. The molecule has 0 aliphatic heterocycles. The van der Waals surface area contributed by atoms with Gasteiger partial charge in [-0.25, -0.2) is 27.9 Å². The molecule has 4 rings (SSSR count). The van der Waals surface area contributed by atoms with Gasteiger partial charge in [-0.3, -0.25) is 0 Å². The van der Waals surface area contributed by atoms with Crippen molar-refractivity contribution in [1.82, 2.24) is 24.6 Å². The van der Waals surface area contributed by atoms with Crippen LogP contribution in [0.5, 0.6) is 0 Å². The van der Waals surface area contributed by atoms with Gasteiger partial charge in [0.25, 0.3) is 0 Å². The topological polar surface area (TPSA) is 127 Å². The van der Waals surface area contributed by atoms with E-state index in [9.17, 15) is 13.2 Å². The Labute approximate surface area is 221 Å². The molecule has 0 spiro atoms. The molecule has 12 heteroatoms. The third-order valence-corrected chi connectivity index (χ3v) is 8.99. The van der Waals surface area contributed by atoms with E-state index in [0.29, 0.717) is 17.2 Å². The van der Waals surface area contributed by atoms with Crippen LogP contribution in [0, 0.1) is 0 Å². The number of thiazole rings is 1. The zero-order valence-corrected chi connectivity index (χ0v) is 23.2. The van der Waals surface area contributed by atoms with E-state index >= 15 is 0 Å². The van der Waals surface area contributed by atoms with Gasteiger partial charge in [0.1, 0.15) is 0 Å². The van der Waals surface area contributed by atoms with Gasteiger partial charge >= 0.3 is 6.09 Å². The molecule has 0 unspecified atom stereocenters. The molecule has 1 amide bonds. The Morgan fingerprint density at radius 2 is 1.97 bits per heavy atom. The second-order valence-electron chi connectivity index (χ2n) is 9.41. The standard InChI is InChI=1S/C25H34N6O4S2/c1-5-28-37(33,34)22-14-19(29-24-26-12-13-31(24)4)10-11-20(22)21-15-27-23(36-21)17-6-8-18(9-7-17)30-25(32)35-16(2)3/h10-18,28H,5-9H2,1-4H3,(H,26,29)(H,30,32)/t17-,18-. The summed E-state index contributed by atoms with van der Waals surface area (Å²) in [5.74, 6) is 0.887. The van der Waals surface area contributed by atoms with E-state index in [2.05, 4.69) is 25.3 Å². The summed E-state index contributed by atoms with van der Waals surface area (Å²) in [6.45, 7) is 5.70. The molecule has 37 heavy (non-hydrogen) atoms. The van der Waals surface area contributed by atoms with Crippen molar-refractivity contribution < 1.29 is 17.9 Å². The first-order chi connectivity index (χ1) is 17.7. The number of anilines is 2. The first-order valence-corrected chi connectivity index (χ1v) is 14.8. The molecular formula is C25H34N6O4S2. The minimum Gasteiger partial charge on any atom is -0.447 e. The third-order valence-electron chi connectivity index (χ3n) is 6.21. The van der Waals surface area contributed by atoms with Crippen molar-refractivity contribution in [3.05, 3.63) is 41.8 Å². The molecular weight excluding hydrogens is 512 g/mol. The number of nitrogens with zero attached hydrogens (tertiary/aromatic N) is 3. The van der Waals surface area contributed by atoms with Crippen molar-refractivity contribution in [2.24, 2.45) is 7.05 Å². The number of carbonyl (C=O) groups is 1. The zero-order valence-electron chi connectivity index (χ0n) is 21.5. The van der Waals surface area contributed by atoms with Gasteiger partial charge in [0.2, 0.25) is 16.0 Å². The van der Waals surface area contributed by atoms with Crippen LogP contribution in [0.15, 0.2) is 41.7 Å². The van der Waals surface area contributed by atoms with Gasteiger partial charge in [-0.15, -0.1) is 11.3 Å². The van der Waals surface area contributed by atoms with Crippen molar-refractivity contribution in [2.75, 3.05) is 11.9 Å². The van der Waals surface area contributed by atoms with Crippen molar-refractivity contribution in [2.45, 2.75) is 69.4 Å². The number of amides is 1. The van der Waals surface area contributed by atoms with Crippen molar-refractivity contribution in [3.63, 3.8) is 0 Å². The summed E-state index contributed by atoms with van der Waals surface area (Å²) in [6.07, 6.45) is 8.22. The number of aromatic nitrogens is 3. The van der Waals surface area contributed by atoms with Crippen LogP contribution in [0.2, 0.25) is 0 Å². The first-order valence-electron chi connectivity index (χ1n) is 12.5. The highest BCUT2D eigenvalue weighted by Crippen LogP contribution is 2.40. The average Bonchev–Trinajstić information content (AvgIpc) is 3.48. The third kappa shape index (κ3) is 6.68. The van der Waals surface area contributed by atoms with Crippen LogP contribution in [0.4, 0.5) is 16.4 Å². The predicted octanol–water partition coefficient (Wildman–Crippen LogP) is 4.75. The van der Waals surface area contributed by atoms with Crippen LogP contribution >= 0.6 is 11.3 Å². The van der Waals surface area contributed by atoms with Gasteiger partial charge in [0, 0.05) is 55.4 Å². The number of rotatable bonds is 9. The predicted molar refractivity (Wildman–Crippen MR) is 145 cm³/mol. The molecule has 0 atom stereocenters. The largest absolute Gasteiger partial charge is 0.447 e. The van der Waals surface area contributed by atoms with E-state index in [4.69, 9.17) is 4.74 Å². The number of benzene rings is 1. The van der Waals surface area contributed by atoms with Crippen LogP contribution < -0.4 is 15.4 Å². The number of hydrogen-bond donors (Lipinski definition) is 3. The van der Waals surface area contributed by atoms with Crippen molar-refractivity contribution in [1.29, 1.82) is 0 Å². The van der Waals surface area contributed by atoms with Gasteiger partial charge < -0.3 is 19.9 Å². The summed E-state index contributed by atoms with van der Waals surface area (Å²) in [5, 5.41) is 7.12. The van der Waals surface area contributed by atoms with Crippen LogP contribution in [0.25, 0.3) is 10.4 Å². The molecule has 1 saturated carbocycles. The molecule has 0 bridgehead atoms. The van der Waals surface area contributed by atoms with Gasteiger partial charge in [-0.2, -0.15) is 0 Å². The number of hydrogen-bond acceptors (Lipinski definition) is 8. The summed E-state index contributed by atoms with van der Waals surface area (Å²) < 4.78 is 35.9. The Morgan fingerprint density at radius 3 is 2.62 bits per heavy atom. The van der Waals surface area contributed by atoms with E-state index in [1.165, 1.54) is 11.3 Å². The number of sulfonamides is 1. The van der Waals surface area contributed by atoms with Crippen molar-refractivity contribution in [3.8, 4) is 10.4 Å². The molecule has 1 aromatic carbocycles. The van der Waals surface area contributed by atoms with Crippen LogP contribution in [-0.2, 0) is 21.8 Å². The Morgan fingerprint density at radius 1 is 1.22 bits per heavy atom. The SMILES string of the molecule is CCNS(=O)(=O)c1cc(Nc2nccn2C)ccc1-c1cnc([C@H]2CC[C@H](NC(=O)OC(C)C)CC2)s1. The smallest absolute Gasteiger partial charge is 0.407 e. The minimum absolute atomic E-state index is 0.0950. The molecule has 2 heterocycles. The number of imidazole rings is 1. The molecule has 1 aliphatic carbocycles. The van der Waals surface area contributed by atoms with Crippen LogP contribution in [0.1, 0.15) is 57.4 Å². The highest BCUT2D eigenvalue weighted by molar-refractivity contribution is 7.89. The van der Waals surface area contributed by atoms with Crippen LogP contribution in [-0.4, -0.2) is 47.7 Å². The lowest BCUT2D eigenvalue weighted by Crippen LogP contribution is -2.38. The van der Waals surface area contributed by atoms with Gasteiger partial charge in [0.15, 0.2) is 0 Å². The highest BCUT2D eigenvalue weighted by Gasteiger charge is 2.27. The monoisotopic (exact) mass is 546 g/mol. The fourth-order valence-electron chi connectivity index (χ4n) is 4.41. The van der Waals surface area contributed by atoms with E-state index in [1.54, 1.807) is 25.4 Å². The van der Waals surface area contributed by atoms with Crippen molar-refractivity contribution >= 4 is 39.1 Å². The summed E-state index contributed by atoms with van der Waals surface area (Å²) in [7, 11) is -1.87. The second-order valence-corrected chi connectivity index (χ2v) is 12.2. The van der Waals surface area contributed by atoms with Gasteiger partial charge in [-0.05, 0) is 51.7 Å².